The molecule has 0 unspecified atom stereocenters. The lowest BCUT2D eigenvalue weighted by Gasteiger charge is -2.07. The maximum Gasteiger partial charge on any atom is 0.191 e. The molecule has 0 N–H and O–H groups in total. The number of thioether (sulfide) groups is 1. The van der Waals surface area contributed by atoms with Gasteiger partial charge in [0.2, 0.25) is 0 Å². The van der Waals surface area contributed by atoms with Crippen molar-refractivity contribution in [2.24, 2.45) is 0 Å². The minimum Gasteiger partial charge on any atom is -0.306 e. The highest BCUT2D eigenvalue weighted by Crippen LogP contribution is 2.23. The monoisotopic (exact) mass is 261 g/mol. The molecule has 0 aliphatic heterocycles. The first-order valence-electron chi connectivity index (χ1n) is 6.35. The molecule has 1 aromatic carbocycles. The number of hydrogen-bond donors (Lipinski definition) is 0. The molecule has 2 rings (SSSR count). The van der Waals surface area contributed by atoms with Gasteiger partial charge in [-0.25, -0.2) is 0 Å². The average molecular weight is 261 g/mol. The van der Waals surface area contributed by atoms with Gasteiger partial charge in [0, 0.05) is 18.7 Å². The first kappa shape index (κ1) is 13.1. The van der Waals surface area contributed by atoms with Gasteiger partial charge in [0.1, 0.15) is 5.82 Å². The van der Waals surface area contributed by atoms with Crippen molar-refractivity contribution in [3.05, 3.63) is 41.2 Å². The molecule has 0 saturated carbocycles. The first-order valence-corrected chi connectivity index (χ1v) is 7.34. The van der Waals surface area contributed by atoms with Crippen LogP contribution in [0, 0.1) is 6.92 Å². The largest absolute Gasteiger partial charge is 0.306 e. The Labute approximate surface area is 113 Å². The number of aryl methyl sites for hydroxylation is 2. The molecule has 0 bridgehead atoms. The minimum atomic E-state index is 0.936. The van der Waals surface area contributed by atoms with Crippen LogP contribution >= 0.6 is 11.8 Å². The van der Waals surface area contributed by atoms with Gasteiger partial charge in [-0.3, -0.25) is 0 Å². The van der Waals surface area contributed by atoms with E-state index < -0.39 is 0 Å². The van der Waals surface area contributed by atoms with E-state index in [-0.39, 0.29) is 0 Å². The Kier molecular flexibility index (Phi) is 4.42. The van der Waals surface area contributed by atoms with E-state index in [1.807, 2.05) is 0 Å². The smallest absolute Gasteiger partial charge is 0.191 e. The van der Waals surface area contributed by atoms with E-state index >= 15 is 0 Å². The van der Waals surface area contributed by atoms with E-state index in [1.54, 1.807) is 11.8 Å². The van der Waals surface area contributed by atoms with Crippen molar-refractivity contribution >= 4 is 11.8 Å². The van der Waals surface area contributed by atoms with Gasteiger partial charge in [-0.1, -0.05) is 43.0 Å². The summed E-state index contributed by atoms with van der Waals surface area (Å²) in [5.41, 5.74) is 2.70. The van der Waals surface area contributed by atoms with Crippen molar-refractivity contribution in [3.63, 3.8) is 0 Å². The van der Waals surface area contributed by atoms with Gasteiger partial charge < -0.3 is 4.57 Å². The second-order valence-corrected chi connectivity index (χ2v) is 5.15. The summed E-state index contributed by atoms with van der Waals surface area (Å²) in [6.07, 6.45) is 0.936. The number of rotatable bonds is 5. The topological polar surface area (TPSA) is 30.7 Å². The third-order valence-electron chi connectivity index (χ3n) is 3.04. The van der Waals surface area contributed by atoms with Crippen LogP contribution in [0.4, 0.5) is 0 Å². The first-order chi connectivity index (χ1) is 8.76. The fraction of sp³-hybridized carbons (Fsp3) is 0.429. The van der Waals surface area contributed by atoms with Crippen molar-refractivity contribution in [1.82, 2.24) is 14.8 Å². The molecule has 0 spiro atoms. The van der Waals surface area contributed by atoms with Gasteiger partial charge in [0.05, 0.1) is 0 Å². The number of hydrogen-bond acceptors (Lipinski definition) is 3. The molecular weight excluding hydrogens is 242 g/mol. The second kappa shape index (κ2) is 6.05. The summed E-state index contributed by atoms with van der Waals surface area (Å²) in [5, 5.41) is 9.54. The molecule has 96 valence electrons. The fourth-order valence-corrected chi connectivity index (χ4v) is 3.02. The minimum absolute atomic E-state index is 0.936. The molecule has 0 radical (unpaired) electrons. The molecule has 0 aliphatic rings. The summed E-state index contributed by atoms with van der Waals surface area (Å²) in [7, 11) is 0. The molecule has 0 atom stereocenters. The van der Waals surface area contributed by atoms with Crippen LogP contribution in [0.15, 0.2) is 29.4 Å². The molecule has 0 aliphatic carbocycles. The van der Waals surface area contributed by atoms with Crippen LogP contribution in [-0.2, 0) is 18.7 Å². The predicted octanol–water partition coefficient (Wildman–Crippen LogP) is 3.46. The van der Waals surface area contributed by atoms with Crippen LogP contribution in [0.25, 0.3) is 0 Å². The van der Waals surface area contributed by atoms with E-state index in [4.69, 9.17) is 0 Å². The summed E-state index contributed by atoms with van der Waals surface area (Å²) < 4.78 is 2.20. The van der Waals surface area contributed by atoms with Crippen LogP contribution in [0.3, 0.4) is 0 Å². The highest BCUT2D eigenvalue weighted by molar-refractivity contribution is 7.98. The Morgan fingerprint density at radius 3 is 2.61 bits per heavy atom. The molecule has 2 aromatic rings. The molecular formula is C14H19N3S. The molecule has 4 heteroatoms. The predicted molar refractivity (Wildman–Crippen MR) is 75.8 cm³/mol. The van der Waals surface area contributed by atoms with E-state index in [0.29, 0.717) is 0 Å². The zero-order valence-electron chi connectivity index (χ0n) is 11.2. The standard InChI is InChI=1S/C14H19N3S/c1-4-13-15-16-14(17(13)5-2)18-10-12-9-7-6-8-11(12)3/h6-9H,4-5,10H2,1-3H3. The van der Waals surface area contributed by atoms with E-state index in [0.717, 1.165) is 29.7 Å². The molecule has 0 amide bonds. The van der Waals surface area contributed by atoms with E-state index in [9.17, 15) is 0 Å². The van der Waals surface area contributed by atoms with Crippen molar-refractivity contribution < 1.29 is 0 Å². The second-order valence-electron chi connectivity index (χ2n) is 4.21. The molecule has 3 nitrogen and oxygen atoms in total. The molecule has 18 heavy (non-hydrogen) atoms. The zero-order chi connectivity index (χ0) is 13.0. The highest BCUT2D eigenvalue weighted by atomic mass is 32.2. The van der Waals surface area contributed by atoms with Crippen LogP contribution in [0.1, 0.15) is 30.8 Å². The Bertz CT molecular complexity index is 520. The fourth-order valence-electron chi connectivity index (χ4n) is 1.92. The van der Waals surface area contributed by atoms with Crippen molar-refractivity contribution in [3.8, 4) is 0 Å². The number of aromatic nitrogens is 3. The van der Waals surface area contributed by atoms with Gasteiger partial charge in [-0.15, -0.1) is 10.2 Å². The third-order valence-corrected chi connectivity index (χ3v) is 4.06. The van der Waals surface area contributed by atoms with Crippen LogP contribution in [0.5, 0.6) is 0 Å². The van der Waals surface area contributed by atoms with Crippen molar-refractivity contribution in [1.29, 1.82) is 0 Å². The molecule has 0 saturated heterocycles. The van der Waals surface area contributed by atoms with Gasteiger partial charge in [-0.05, 0) is 25.0 Å². The van der Waals surface area contributed by atoms with Gasteiger partial charge >= 0.3 is 0 Å². The maximum absolute atomic E-state index is 4.28. The normalized spacial score (nSPS) is 10.8. The number of benzene rings is 1. The van der Waals surface area contributed by atoms with Crippen molar-refractivity contribution in [2.75, 3.05) is 0 Å². The summed E-state index contributed by atoms with van der Waals surface area (Å²) in [6, 6.07) is 8.49. The van der Waals surface area contributed by atoms with Gasteiger partial charge in [-0.2, -0.15) is 0 Å². The summed E-state index contributed by atoms with van der Waals surface area (Å²) >= 11 is 1.76. The van der Waals surface area contributed by atoms with E-state index in [1.165, 1.54) is 11.1 Å². The molecule has 1 aromatic heterocycles. The lowest BCUT2D eigenvalue weighted by Crippen LogP contribution is -2.02. The van der Waals surface area contributed by atoms with Gasteiger partial charge in [0.25, 0.3) is 0 Å². The lowest BCUT2D eigenvalue weighted by atomic mass is 10.1. The van der Waals surface area contributed by atoms with E-state index in [2.05, 4.69) is 59.8 Å². The Morgan fingerprint density at radius 1 is 1.17 bits per heavy atom. The lowest BCUT2D eigenvalue weighted by molar-refractivity contribution is 0.647. The summed E-state index contributed by atoms with van der Waals surface area (Å²) in [5.74, 6) is 2.03. The SMILES string of the molecule is CCc1nnc(SCc2ccccc2C)n1CC. The average Bonchev–Trinajstić information content (AvgIpc) is 2.79. The molecule has 1 heterocycles. The Balaban J connectivity index is 2.11. The third kappa shape index (κ3) is 2.75. The van der Waals surface area contributed by atoms with Crippen LogP contribution in [-0.4, -0.2) is 14.8 Å². The quantitative estimate of drug-likeness (QED) is 0.772. The van der Waals surface area contributed by atoms with Crippen molar-refractivity contribution in [2.45, 2.75) is 44.6 Å². The molecule has 0 fully saturated rings. The summed E-state index contributed by atoms with van der Waals surface area (Å²) in [6.45, 7) is 7.34. The van der Waals surface area contributed by atoms with Crippen LogP contribution in [0.2, 0.25) is 0 Å². The van der Waals surface area contributed by atoms with Crippen LogP contribution < -0.4 is 0 Å². The highest BCUT2D eigenvalue weighted by Gasteiger charge is 2.10. The number of nitrogens with zero attached hydrogens (tertiary/aromatic N) is 3. The Morgan fingerprint density at radius 2 is 1.94 bits per heavy atom. The summed E-state index contributed by atoms with van der Waals surface area (Å²) in [4.78, 5) is 0. The van der Waals surface area contributed by atoms with Gasteiger partial charge in [0.15, 0.2) is 5.16 Å². The Hall–Kier alpha value is -1.29. The zero-order valence-corrected chi connectivity index (χ0v) is 12.0. The maximum atomic E-state index is 4.28.